The van der Waals surface area contributed by atoms with Gasteiger partial charge < -0.3 is 20.5 Å². The summed E-state index contributed by atoms with van der Waals surface area (Å²) in [5.41, 5.74) is 5.36. The van der Waals surface area contributed by atoms with E-state index in [4.69, 9.17) is 10.5 Å². The molecule has 1 rings (SSSR count). The number of hydrogen-bond donors (Lipinski definition) is 2. The van der Waals surface area contributed by atoms with Gasteiger partial charge in [0.1, 0.15) is 11.8 Å². The van der Waals surface area contributed by atoms with Crippen LogP contribution in [0.2, 0.25) is 0 Å². The molecule has 0 radical (unpaired) electrons. The van der Waals surface area contributed by atoms with Crippen molar-refractivity contribution in [1.29, 1.82) is 0 Å². The molecule has 0 aliphatic heterocycles. The Balaban J connectivity index is 2.57. The molecule has 1 atom stereocenters. The van der Waals surface area contributed by atoms with Crippen molar-refractivity contribution in [3.63, 3.8) is 0 Å². The van der Waals surface area contributed by atoms with Gasteiger partial charge in [0, 0.05) is 0 Å². The molecular formula is C13H16N2O5. The fourth-order valence-corrected chi connectivity index (χ4v) is 1.46. The molecule has 7 nitrogen and oxygen atoms in total. The van der Waals surface area contributed by atoms with E-state index in [1.807, 2.05) is 0 Å². The molecule has 0 spiro atoms. The Bertz CT molecular complexity index is 515. The van der Waals surface area contributed by atoms with Gasteiger partial charge in [0.25, 0.3) is 11.8 Å². The number of primary amides is 1. The van der Waals surface area contributed by atoms with E-state index >= 15 is 0 Å². The molecule has 0 saturated heterocycles. The van der Waals surface area contributed by atoms with E-state index in [2.05, 4.69) is 10.1 Å². The third-order valence-corrected chi connectivity index (χ3v) is 2.44. The number of amides is 2. The number of methoxy groups -OCH3 is 1. The summed E-state index contributed by atoms with van der Waals surface area (Å²) in [6, 6.07) is 5.52. The Morgan fingerprint density at radius 3 is 2.55 bits per heavy atom. The lowest BCUT2D eigenvalue weighted by Gasteiger charge is -2.13. The highest BCUT2D eigenvalue weighted by atomic mass is 16.5. The quantitative estimate of drug-likeness (QED) is 0.704. The molecule has 0 saturated carbocycles. The first kappa shape index (κ1) is 15.5. The molecule has 0 aliphatic rings. The number of nitrogens with two attached hydrogens (primary N) is 1. The van der Waals surface area contributed by atoms with Crippen LogP contribution < -0.4 is 15.8 Å². The van der Waals surface area contributed by atoms with Gasteiger partial charge in [-0.3, -0.25) is 9.59 Å². The van der Waals surface area contributed by atoms with Crippen molar-refractivity contribution >= 4 is 17.8 Å². The molecule has 1 aromatic rings. The minimum Gasteiger partial charge on any atom is -0.483 e. The summed E-state index contributed by atoms with van der Waals surface area (Å²) in [4.78, 5) is 33.8. The van der Waals surface area contributed by atoms with Crippen LogP contribution in [-0.2, 0) is 14.3 Å². The normalized spacial score (nSPS) is 11.3. The van der Waals surface area contributed by atoms with Crippen molar-refractivity contribution < 1.29 is 23.9 Å². The predicted molar refractivity (Wildman–Crippen MR) is 70.1 cm³/mol. The molecule has 1 unspecified atom stereocenters. The first-order valence-corrected chi connectivity index (χ1v) is 5.84. The minimum atomic E-state index is -0.775. The Morgan fingerprint density at radius 2 is 1.95 bits per heavy atom. The summed E-state index contributed by atoms with van der Waals surface area (Å²) in [6.07, 6.45) is 0. The summed E-state index contributed by atoms with van der Waals surface area (Å²) in [5.74, 6) is -1.51. The summed E-state index contributed by atoms with van der Waals surface area (Å²) in [6.45, 7) is 1.15. The van der Waals surface area contributed by atoms with E-state index in [1.165, 1.54) is 26.2 Å². The lowest BCUT2D eigenvalue weighted by Crippen LogP contribution is -2.41. The average molecular weight is 280 g/mol. The van der Waals surface area contributed by atoms with Crippen LogP contribution in [0.25, 0.3) is 0 Å². The number of ether oxygens (including phenoxy) is 2. The third kappa shape index (κ3) is 4.27. The summed E-state index contributed by atoms with van der Waals surface area (Å²) in [5, 5.41) is 2.39. The summed E-state index contributed by atoms with van der Waals surface area (Å²) >= 11 is 0. The molecule has 20 heavy (non-hydrogen) atoms. The fourth-order valence-electron chi connectivity index (χ4n) is 1.46. The second-order valence-electron chi connectivity index (χ2n) is 3.96. The van der Waals surface area contributed by atoms with Crippen molar-refractivity contribution in [1.82, 2.24) is 5.32 Å². The van der Waals surface area contributed by atoms with Crippen LogP contribution in [0.1, 0.15) is 17.3 Å². The van der Waals surface area contributed by atoms with Gasteiger partial charge >= 0.3 is 5.97 Å². The highest BCUT2D eigenvalue weighted by Crippen LogP contribution is 2.16. The molecule has 0 fully saturated rings. The Labute approximate surface area is 116 Å². The fraction of sp³-hybridized carbons (Fsp3) is 0.308. The predicted octanol–water partition coefficient (Wildman–Crippen LogP) is -0.158. The molecule has 0 aliphatic carbocycles. The molecule has 0 heterocycles. The maximum Gasteiger partial charge on any atom is 0.328 e. The van der Waals surface area contributed by atoms with Crippen molar-refractivity contribution in [3.8, 4) is 5.75 Å². The average Bonchev–Trinajstić information content (AvgIpc) is 2.44. The summed E-state index contributed by atoms with van der Waals surface area (Å²) in [7, 11) is 1.23. The second kappa shape index (κ2) is 7.13. The molecule has 2 amide bonds. The zero-order chi connectivity index (χ0) is 15.1. The van der Waals surface area contributed by atoms with E-state index in [0.717, 1.165) is 0 Å². The first-order chi connectivity index (χ1) is 9.45. The highest BCUT2D eigenvalue weighted by Gasteiger charge is 2.16. The van der Waals surface area contributed by atoms with Crippen LogP contribution in [0.4, 0.5) is 0 Å². The number of hydrogen-bond acceptors (Lipinski definition) is 5. The highest BCUT2D eigenvalue weighted by molar-refractivity contribution is 5.95. The van der Waals surface area contributed by atoms with E-state index < -0.39 is 23.8 Å². The largest absolute Gasteiger partial charge is 0.483 e. The number of para-hydroxylation sites is 1. The van der Waals surface area contributed by atoms with Crippen LogP contribution in [0, 0.1) is 0 Å². The zero-order valence-corrected chi connectivity index (χ0v) is 11.2. The SMILES string of the molecule is COC(=O)C(C)NC(=O)COc1ccccc1C(N)=O. The lowest BCUT2D eigenvalue weighted by molar-refractivity contribution is -0.144. The van der Waals surface area contributed by atoms with Crippen LogP contribution in [-0.4, -0.2) is 37.5 Å². The van der Waals surface area contributed by atoms with E-state index in [-0.39, 0.29) is 17.9 Å². The van der Waals surface area contributed by atoms with Crippen LogP contribution >= 0.6 is 0 Å². The minimum absolute atomic E-state index is 0.182. The van der Waals surface area contributed by atoms with Gasteiger partial charge in [-0.1, -0.05) is 12.1 Å². The molecular weight excluding hydrogens is 264 g/mol. The monoisotopic (exact) mass is 280 g/mol. The van der Waals surface area contributed by atoms with Gasteiger partial charge in [-0.15, -0.1) is 0 Å². The van der Waals surface area contributed by atoms with E-state index in [1.54, 1.807) is 12.1 Å². The van der Waals surface area contributed by atoms with Crippen molar-refractivity contribution in [2.45, 2.75) is 13.0 Å². The maximum absolute atomic E-state index is 11.6. The van der Waals surface area contributed by atoms with E-state index in [0.29, 0.717) is 0 Å². The molecule has 1 aromatic carbocycles. The van der Waals surface area contributed by atoms with Gasteiger partial charge in [0.05, 0.1) is 12.7 Å². The first-order valence-electron chi connectivity index (χ1n) is 5.84. The summed E-state index contributed by atoms with van der Waals surface area (Å²) < 4.78 is 9.68. The van der Waals surface area contributed by atoms with Crippen molar-refractivity contribution in [2.75, 3.05) is 13.7 Å². The third-order valence-electron chi connectivity index (χ3n) is 2.44. The number of carbonyl (C=O) groups is 3. The number of esters is 1. The second-order valence-corrected chi connectivity index (χ2v) is 3.96. The topological polar surface area (TPSA) is 108 Å². The molecule has 108 valence electrons. The van der Waals surface area contributed by atoms with Gasteiger partial charge in [-0.2, -0.15) is 0 Å². The molecule has 7 heteroatoms. The van der Waals surface area contributed by atoms with Crippen LogP contribution in [0.5, 0.6) is 5.75 Å². The Morgan fingerprint density at radius 1 is 1.30 bits per heavy atom. The van der Waals surface area contributed by atoms with Crippen molar-refractivity contribution in [3.05, 3.63) is 29.8 Å². The van der Waals surface area contributed by atoms with Gasteiger partial charge in [0.15, 0.2) is 6.61 Å². The standard InChI is InChI=1S/C13H16N2O5/c1-8(13(18)19-2)15-11(16)7-20-10-6-4-3-5-9(10)12(14)17/h3-6,8H,7H2,1-2H3,(H2,14,17)(H,15,16). The molecule has 0 bridgehead atoms. The van der Waals surface area contributed by atoms with Gasteiger partial charge in [-0.05, 0) is 19.1 Å². The number of benzene rings is 1. The van der Waals surface area contributed by atoms with Crippen molar-refractivity contribution in [2.24, 2.45) is 5.73 Å². The number of nitrogens with one attached hydrogen (secondary N) is 1. The number of carbonyl (C=O) groups excluding carboxylic acids is 3. The zero-order valence-electron chi connectivity index (χ0n) is 11.2. The maximum atomic E-state index is 11.6. The molecule has 3 N–H and O–H groups in total. The smallest absolute Gasteiger partial charge is 0.328 e. The molecule has 0 aromatic heterocycles. The Hall–Kier alpha value is -2.57. The Kier molecular flexibility index (Phi) is 5.52. The van der Waals surface area contributed by atoms with Gasteiger partial charge in [-0.25, -0.2) is 4.79 Å². The van der Waals surface area contributed by atoms with Gasteiger partial charge in [0.2, 0.25) is 0 Å². The van der Waals surface area contributed by atoms with Crippen LogP contribution in [0.15, 0.2) is 24.3 Å². The lowest BCUT2D eigenvalue weighted by atomic mass is 10.2. The van der Waals surface area contributed by atoms with E-state index in [9.17, 15) is 14.4 Å². The number of rotatable bonds is 6. The van der Waals surface area contributed by atoms with Crippen LogP contribution in [0.3, 0.4) is 0 Å².